The number of fused-ring (bicyclic) bond motifs is 1. The number of H-pyrrole nitrogens is 1. The fourth-order valence-corrected chi connectivity index (χ4v) is 2.22. The monoisotopic (exact) mass is 267 g/mol. The summed E-state index contributed by atoms with van der Waals surface area (Å²) in [4.78, 5) is 21.5. The summed E-state index contributed by atoms with van der Waals surface area (Å²) in [6.07, 6.45) is 1.84. The standard InChI is InChI=1S/C10H10ClN5O2/c11-8-6-2-12-15-9(6)14-10(13-8)16-3-5(4-17)1-7(16)18/h2,5,17H,1,3-4H2,(H,12,13,14,15). The Balaban J connectivity index is 2.01. The first kappa shape index (κ1) is 11.4. The number of amides is 1. The number of carbonyl (C=O) groups excluding carboxylic acids is 1. The van der Waals surface area contributed by atoms with Crippen LogP contribution in [0.1, 0.15) is 6.42 Å². The zero-order valence-corrected chi connectivity index (χ0v) is 10.1. The molecule has 2 N–H and O–H groups in total. The molecule has 0 spiro atoms. The molecule has 1 fully saturated rings. The number of anilines is 1. The van der Waals surface area contributed by atoms with Gasteiger partial charge in [0, 0.05) is 25.5 Å². The van der Waals surface area contributed by atoms with Gasteiger partial charge in [-0.15, -0.1) is 0 Å². The molecule has 0 bridgehead atoms. The molecule has 1 aliphatic rings. The summed E-state index contributed by atoms with van der Waals surface area (Å²) in [5.41, 5.74) is 0.491. The van der Waals surface area contributed by atoms with Crippen molar-refractivity contribution in [1.29, 1.82) is 0 Å². The summed E-state index contributed by atoms with van der Waals surface area (Å²) < 4.78 is 0. The normalized spacial score (nSPS) is 20.0. The molecule has 1 unspecified atom stereocenters. The van der Waals surface area contributed by atoms with Gasteiger partial charge in [0.25, 0.3) is 0 Å². The van der Waals surface area contributed by atoms with Crippen molar-refractivity contribution < 1.29 is 9.90 Å². The van der Waals surface area contributed by atoms with E-state index < -0.39 is 0 Å². The van der Waals surface area contributed by atoms with Gasteiger partial charge in [0.2, 0.25) is 11.9 Å². The molecule has 0 aliphatic carbocycles. The second kappa shape index (κ2) is 4.18. The summed E-state index contributed by atoms with van der Waals surface area (Å²) in [6, 6.07) is 0. The third kappa shape index (κ3) is 1.72. The number of aromatic nitrogens is 4. The van der Waals surface area contributed by atoms with Crippen LogP contribution >= 0.6 is 11.6 Å². The number of hydrogen-bond acceptors (Lipinski definition) is 5. The van der Waals surface area contributed by atoms with E-state index in [2.05, 4.69) is 20.2 Å². The van der Waals surface area contributed by atoms with Crippen LogP contribution in [0.3, 0.4) is 0 Å². The van der Waals surface area contributed by atoms with Gasteiger partial charge in [-0.3, -0.25) is 14.8 Å². The van der Waals surface area contributed by atoms with Gasteiger partial charge in [-0.25, -0.2) is 0 Å². The number of carbonyl (C=O) groups is 1. The molecule has 94 valence electrons. The molecular formula is C10H10ClN5O2. The Bertz CT molecular complexity index is 613. The SMILES string of the molecule is O=C1CC(CO)CN1c1nc(Cl)c2cn[nH]c2n1. The lowest BCUT2D eigenvalue weighted by Gasteiger charge is -2.13. The van der Waals surface area contributed by atoms with E-state index in [0.717, 1.165) is 0 Å². The molecule has 1 amide bonds. The summed E-state index contributed by atoms with van der Waals surface area (Å²) in [7, 11) is 0. The molecular weight excluding hydrogens is 258 g/mol. The Kier molecular flexibility index (Phi) is 2.64. The van der Waals surface area contributed by atoms with E-state index >= 15 is 0 Å². The van der Waals surface area contributed by atoms with E-state index in [1.54, 1.807) is 0 Å². The highest BCUT2D eigenvalue weighted by Gasteiger charge is 2.32. The Morgan fingerprint density at radius 2 is 2.39 bits per heavy atom. The maximum Gasteiger partial charge on any atom is 0.235 e. The highest BCUT2D eigenvalue weighted by molar-refractivity contribution is 6.34. The molecule has 0 saturated carbocycles. The highest BCUT2D eigenvalue weighted by atomic mass is 35.5. The van der Waals surface area contributed by atoms with E-state index in [9.17, 15) is 4.79 Å². The van der Waals surface area contributed by atoms with E-state index in [4.69, 9.17) is 16.7 Å². The predicted octanol–water partition coefficient (Wildman–Crippen LogP) is 0.351. The maximum absolute atomic E-state index is 11.8. The maximum atomic E-state index is 11.8. The van der Waals surface area contributed by atoms with E-state index in [1.165, 1.54) is 11.1 Å². The average molecular weight is 268 g/mol. The fourth-order valence-electron chi connectivity index (χ4n) is 2.01. The number of hydrogen-bond donors (Lipinski definition) is 2. The number of nitrogens with zero attached hydrogens (tertiary/aromatic N) is 4. The smallest absolute Gasteiger partial charge is 0.235 e. The van der Waals surface area contributed by atoms with Gasteiger partial charge in [-0.2, -0.15) is 15.1 Å². The second-order valence-electron chi connectivity index (χ2n) is 4.20. The van der Waals surface area contributed by atoms with Crippen molar-refractivity contribution in [1.82, 2.24) is 20.2 Å². The molecule has 2 aromatic rings. The van der Waals surface area contributed by atoms with E-state index in [-0.39, 0.29) is 29.5 Å². The van der Waals surface area contributed by atoms with E-state index in [1.807, 2.05) is 0 Å². The molecule has 1 saturated heterocycles. The summed E-state index contributed by atoms with van der Waals surface area (Å²) >= 11 is 6.00. The predicted molar refractivity (Wildman–Crippen MR) is 64.2 cm³/mol. The first-order chi connectivity index (χ1) is 8.69. The average Bonchev–Trinajstić information content (AvgIpc) is 2.95. The van der Waals surface area contributed by atoms with Crippen LogP contribution in [-0.2, 0) is 4.79 Å². The van der Waals surface area contributed by atoms with Crippen LogP contribution in [-0.4, -0.2) is 44.3 Å². The molecule has 3 heterocycles. The van der Waals surface area contributed by atoms with Crippen molar-refractivity contribution in [2.24, 2.45) is 5.92 Å². The molecule has 3 rings (SSSR count). The van der Waals surface area contributed by atoms with Crippen molar-refractivity contribution in [3.05, 3.63) is 11.3 Å². The van der Waals surface area contributed by atoms with Crippen molar-refractivity contribution in [2.45, 2.75) is 6.42 Å². The third-order valence-electron chi connectivity index (χ3n) is 2.96. The molecule has 1 aliphatic heterocycles. The summed E-state index contributed by atoms with van der Waals surface area (Å²) in [5, 5.41) is 16.5. The van der Waals surface area contributed by atoms with Crippen LogP contribution in [0.15, 0.2) is 6.20 Å². The van der Waals surface area contributed by atoms with Crippen molar-refractivity contribution >= 4 is 34.5 Å². The number of halogens is 1. The molecule has 8 heteroatoms. The number of aliphatic hydroxyl groups excluding tert-OH is 1. The molecule has 2 aromatic heterocycles. The van der Waals surface area contributed by atoms with Crippen LogP contribution < -0.4 is 4.90 Å². The molecule has 7 nitrogen and oxygen atoms in total. The van der Waals surface area contributed by atoms with Gasteiger partial charge in [0.05, 0.1) is 11.6 Å². The topological polar surface area (TPSA) is 95.0 Å². The van der Waals surface area contributed by atoms with Gasteiger partial charge in [0.15, 0.2) is 5.65 Å². The fraction of sp³-hybridized carbons (Fsp3) is 0.400. The summed E-state index contributed by atoms with van der Waals surface area (Å²) in [6.45, 7) is 0.383. The van der Waals surface area contributed by atoms with Crippen LogP contribution in [0.5, 0.6) is 0 Å². The molecule has 0 radical (unpaired) electrons. The molecule has 18 heavy (non-hydrogen) atoms. The van der Waals surface area contributed by atoms with Crippen molar-refractivity contribution in [3.8, 4) is 0 Å². The quantitative estimate of drug-likeness (QED) is 0.766. The minimum absolute atomic E-state index is 0.0255. The minimum atomic E-state index is -0.107. The van der Waals surface area contributed by atoms with Crippen molar-refractivity contribution in [2.75, 3.05) is 18.1 Å². The van der Waals surface area contributed by atoms with Gasteiger partial charge in [-0.05, 0) is 0 Å². The van der Waals surface area contributed by atoms with Crippen LogP contribution in [0, 0.1) is 5.92 Å². The van der Waals surface area contributed by atoms with E-state index in [0.29, 0.717) is 24.0 Å². The zero-order valence-electron chi connectivity index (χ0n) is 9.30. The van der Waals surface area contributed by atoms with Gasteiger partial charge in [-0.1, -0.05) is 11.6 Å². The first-order valence-electron chi connectivity index (χ1n) is 5.47. The Morgan fingerprint density at radius 1 is 1.56 bits per heavy atom. The number of aliphatic hydroxyl groups is 1. The Hall–Kier alpha value is -1.73. The Labute approximate surface area is 107 Å². The second-order valence-corrected chi connectivity index (χ2v) is 4.56. The first-order valence-corrected chi connectivity index (χ1v) is 5.84. The Morgan fingerprint density at radius 3 is 3.11 bits per heavy atom. The van der Waals surface area contributed by atoms with Crippen LogP contribution in [0.4, 0.5) is 5.95 Å². The van der Waals surface area contributed by atoms with Gasteiger partial charge >= 0.3 is 0 Å². The van der Waals surface area contributed by atoms with Crippen LogP contribution in [0.25, 0.3) is 11.0 Å². The third-order valence-corrected chi connectivity index (χ3v) is 3.24. The molecule has 1 atom stereocenters. The number of rotatable bonds is 2. The largest absolute Gasteiger partial charge is 0.396 e. The number of nitrogens with one attached hydrogen (secondary N) is 1. The molecule has 0 aromatic carbocycles. The van der Waals surface area contributed by atoms with Gasteiger partial charge in [0.1, 0.15) is 5.15 Å². The van der Waals surface area contributed by atoms with Gasteiger partial charge < -0.3 is 5.11 Å². The summed E-state index contributed by atoms with van der Waals surface area (Å²) in [5.74, 6) is 0.0685. The van der Waals surface area contributed by atoms with Crippen molar-refractivity contribution in [3.63, 3.8) is 0 Å². The highest BCUT2D eigenvalue weighted by Crippen LogP contribution is 2.26. The minimum Gasteiger partial charge on any atom is -0.396 e. The lowest BCUT2D eigenvalue weighted by Crippen LogP contribution is -2.27. The van der Waals surface area contributed by atoms with Crippen LogP contribution in [0.2, 0.25) is 5.15 Å². The lowest BCUT2D eigenvalue weighted by molar-refractivity contribution is -0.117. The number of aromatic amines is 1. The zero-order chi connectivity index (χ0) is 12.7. The lowest BCUT2D eigenvalue weighted by atomic mass is 10.1.